The van der Waals surface area contributed by atoms with Crippen LogP contribution in [-0.2, 0) is 9.59 Å². The molecule has 0 aromatic carbocycles. The van der Waals surface area contributed by atoms with Crippen LogP contribution in [0.3, 0.4) is 0 Å². The molecule has 0 heterocycles. The van der Waals surface area contributed by atoms with E-state index in [1.165, 1.54) is 0 Å². The highest BCUT2D eigenvalue weighted by Crippen LogP contribution is 2.04. The van der Waals surface area contributed by atoms with Crippen molar-refractivity contribution in [3.63, 3.8) is 0 Å². The van der Waals surface area contributed by atoms with E-state index in [0.29, 0.717) is 12.8 Å². The first-order valence-corrected chi connectivity index (χ1v) is 6.37. The van der Waals surface area contributed by atoms with Crippen LogP contribution in [-0.4, -0.2) is 34.5 Å². The molecule has 4 nitrogen and oxygen atoms in total. The van der Waals surface area contributed by atoms with Crippen LogP contribution in [0.2, 0.25) is 0 Å². The largest absolute Gasteiger partial charge is 0.480 e. The molecule has 0 radical (unpaired) electrons. The predicted octanol–water partition coefficient (Wildman–Crippen LogP) is 1.50. The standard InChI is InChI=1S/C10H19NO3S/c1-3-5-9(12)11-8(10(13)14)6-7-15-4-2/h8H,3-7H2,1-2H3,(H,11,12)(H,13,14)/t8-/m0/s1. The van der Waals surface area contributed by atoms with Gasteiger partial charge in [0, 0.05) is 6.42 Å². The number of amides is 1. The Hall–Kier alpha value is -0.710. The van der Waals surface area contributed by atoms with Gasteiger partial charge in [-0.1, -0.05) is 13.8 Å². The Balaban J connectivity index is 3.93. The van der Waals surface area contributed by atoms with Gasteiger partial charge in [-0.05, 0) is 24.3 Å². The maximum Gasteiger partial charge on any atom is 0.326 e. The molecule has 0 fully saturated rings. The number of hydrogen-bond acceptors (Lipinski definition) is 3. The molecule has 5 heteroatoms. The molecule has 0 aliphatic carbocycles. The second-order valence-electron chi connectivity index (χ2n) is 3.19. The summed E-state index contributed by atoms with van der Waals surface area (Å²) in [5, 5.41) is 11.4. The van der Waals surface area contributed by atoms with Gasteiger partial charge in [-0.3, -0.25) is 4.79 Å². The number of carboxylic acid groups (broad SMARTS) is 1. The fourth-order valence-electron chi connectivity index (χ4n) is 1.10. The van der Waals surface area contributed by atoms with Crippen molar-refractivity contribution in [2.75, 3.05) is 11.5 Å². The Bertz CT molecular complexity index is 209. The quantitative estimate of drug-likeness (QED) is 0.623. The fourth-order valence-corrected chi connectivity index (χ4v) is 1.79. The van der Waals surface area contributed by atoms with Crippen LogP contribution in [0.1, 0.15) is 33.1 Å². The molecule has 0 aromatic heterocycles. The first-order valence-electron chi connectivity index (χ1n) is 5.21. The van der Waals surface area contributed by atoms with Crippen molar-refractivity contribution >= 4 is 23.6 Å². The highest BCUT2D eigenvalue weighted by molar-refractivity contribution is 7.99. The van der Waals surface area contributed by atoms with Gasteiger partial charge in [0.05, 0.1) is 0 Å². The van der Waals surface area contributed by atoms with Gasteiger partial charge >= 0.3 is 5.97 Å². The lowest BCUT2D eigenvalue weighted by Crippen LogP contribution is -2.41. The van der Waals surface area contributed by atoms with Crippen molar-refractivity contribution in [3.8, 4) is 0 Å². The van der Waals surface area contributed by atoms with Gasteiger partial charge in [0.15, 0.2) is 0 Å². The lowest BCUT2D eigenvalue weighted by Gasteiger charge is -2.13. The summed E-state index contributed by atoms with van der Waals surface area (Å²) in [7, 11) is 0. The average Bonchev–Trinajstić information content (AvgIpc) is 2.16. The number of hydrogen-bond donors (Lipinski definition) is 2. The van der Waals surface area contributed by atoms with Crippen LogP contribution < -0.4 is 5.32 Å². The molecule has 15 heavy (non-hydrogen) atoms. The molecule has 0 unspecified atom stereocenters. The Morgan fingerprint density at radius 3 is 2.53 bits per heavy atom. The van der Waals surface area contributed by atoms with Crippen molar-refractivity contribution in [1.82, 2.24) is 5.32 Å². The molecule has 1 amide bonds. The first-order chi connectivity index (χ1) is 7.11. The number of carboxylic acids is 1. The third-order valence-electron chi connectivity index (χ3n) is 1.87. The molecule has 0 saturated carbocycles. The van der Waals surface area contributed by atoms with Crippen LogP contribution in [0.5, 0.6) is 0 Å². The van der Waals surface area contributed by atoms with E-state index >= 15 is 0 Å². The van der Waals surface area contributed by atoms with Gasteiger partial charge in [-0.25, -0.2) is 4.79 Å². The summed E-state index contributed by atoms with van der Waals surface area (Å²) in [6.07, 6.45) is 1.62. The van der Waals surface area contributed by atoms with Crippen molar-refractivity contribution < 1.29 is 14.7 Å². The minimum Gasteiger partial charge on any atom is -0.480 e. The lowest BCUT2D eigenvalue weighted by atomic mass is 10.2. The molecule has 0 spiro atoms. The molecule has 0 rings (SSSR count). The molecule has 88 valence electrons. The topological polar surface area (TPSA) is 66.4 Å². The number of nitrogens with one attached hydrogen (secondary N) is 1. The zero-order chi connectivity index (χ0) is 11.7. The maximum atomic E-state index is 11.2. The van der Waals surface area contributed by atoms with E-state index in [4.69, 9.17) is 5.11 Å². The van der Waals surface area contributed by atoms with Crippen LogP contribution in [0, 0.1) is 0 Å². The molecule has 0 bridgehead atoms. The van der Waals surface area contributed by atoms with Crippen LogP contribution in [0.4, 0.5) is 0 Å². The SMILES string of the molecule is CCCC(=O)N[C@@H](CCSCC)C(=O)O. The molecule has 0 saturated heterocycles. The third kappa shape index (κ3) is 7.25. The smallest absolute Gasteiger partial charge is 0.326 e. The van der Waals surface area contributed by atoms with Gasteiger partial charge in [0.1, 0.15) is 6.04 Å². The zero-order valence-electron chi connectivity index (χ0n) is 9.28. The maximum absolute atomic E-state index is 11.2. The van der Waals surface area contributed by atoms with E-state index in [9.17, 15) is 9.59 Å². The van der Waals surface area contributed by atoms with Crippen LogP contribution in [0.25, 0.3) is 0 Å². The van der Waals surface area contributed by atoms with Gasteiger partial charge < -0.3 is 10.4 Å². The van der Waals surface area contributed by atoms with Gasteiger partial charge in [0.25, 0.3) is 0 Å². The first kappa shape index (κ1) is 14.3. The third-order valence-corrected chi connectivity index (χ3v) is 2.80. The fraction of sp³-hybridized carbons (Fsp3) is 0.800. The zero-order valence-corrected chi connectivity index (χ0v) is 10.1. The Labute approximate surface area is 94.8 Å². The van der Waals surface area contributed by atoms with Gasteiger partial charge in [0.2, 0.25) is 5.91 Å². The Kier molecular flexibility index (Phi) is 8.18. The minimum absolute atomic E-state index is 0.175. The van der Waals surface area contributed by atoms with Gasteiger partial charge in [-0.2, -0.15) is 11.8 Å². The second kappa shape index (κ2) is 8.59. The van der Waals surface area contributed by atoms with E-state index in [1.54, 1.807) is 11.8 Å². The van der Waals surface area contributed by atoms with Gasteiger partial charge in [-0.15, -0.1) is 0 Å². The predicted molar refractivity (Wildman–Crippen MR) is 62.1 cm³/mol. The summed E-state index contributed by atoms with van der Waals surface area (Å²) in [5.41, 5.74) is 0. The summed E-state index contributed by atoms with van der Waals surface area (Å²) in [6, 6.07) is -0.733. The molecule has 2 N–H and O–H groups in total. The minimum atomic E-state index is -0.948. The summed E-state index contributed by atoms with van der Waals surface area (Å²) >= 11 is 1.68. The Morgan fingerprint density at radius 2 is 2.07 bits per heavy atom. The van der Waals surface area contributed by atoms with Crippen LogP contribution >= 0.6 is 11.8 Å². The summed E-state index contributed by atoms with van der Waals surface area (Å²) in [5.74, 6) is 0.609. The number of carbonyl (C=O) groups excluding carboxylic acids is 1. The Morgan fingerprint density at radius 1 is 1.40 bits per heavy atom. The summed E-state index contributed by atoms with van der Waals surface area (Å²) in [4.78, 5) is 22.0. The molecular formula is C10H19NO3S. The van der Waals surface area contributed by atoms with Crippen LogP contribution in [0.15, 0.2) is 0 Å². The van der Waals surface area contributed by atoms with E-state index < -0.39 is 12.0 Å². The highest BCUT2D eigenvalue weighted by Gasteiger charge is 2.18. The molecule has 0 aliphatic rings. The molecule has 0 aliphatic heterocycles. The van der Waals surface area contributed by atoms with Crippen molar-refractivity contribution in [2.45, 2.75) is 39.2 Å². The number of rotatable bonds is 8. The summed E-state index contributed by atoms with van der Waals surface area (Å²) in [6.45, 7) is 3.92. The van der Waals surface area contributed by atoms with E-state index in [2.05, 4.69) is 5.32 Å². The van der Waals surface area contributed by atoms with Crippen molar-refractivity contribution in [1.29, 1.82) is 0 Å². The van der Waals surface area contributed by atoms with E-state index in [1.807, 2.05) is 13.8 Å². The monoisotopic (exact) mass is 233 g/mol. The highest BCUT2D eigenvalue weighted by atomic mass is 32.2. The molecular weight excluding hydrogens is 214 g/mol. The molecule has 1 atom stereocenters. The number of thioether (sulfide) groups is 1. The average molecular weight is 233 g/mol. The van der Waals surface area contributed by atoms with Crippen molar-refractivity contribution in [2.24, 2.45) is 0 Å². The lowest BCUT2D eigenvalue weighted by molar-refractivity contribution is -0.141. The van der Waals surface area contributed by atoms with Crippen molar-refractivity contribution in [3.05, 3.63) is 0 Å². The van der Waals surface area contributed by atoms with E-state index in [-0.39, 0.29) is 5.91 Å². The second-order valence-corrected chi connectivity index (χ2v) is 4.59. The summed E-state index contributed by atoms with van der Waals surface area (Å²) < 4.78 is 0. The molecule has 0 aromatic rings. The normalized spacial score (nSPS) is 12.1. The number of aliphatic carboxylic acids is 1. The van der Waals surface area contributed by atoms with E-state index in [0.717, 1.165) is 17.9 Å². The number of carbonyl (C=O) groups is 2.